The van der Waals surface area contributed by atoms with Crippen molar-refractivity contribution in [2.75, 3.05) is 0 Å². The topological polar surface area (TPSA) is 14.8 Å². The Hall–Kier alpha value is -7.40. The van der Waals surface area contributed by atoms with Gasteiger partial charge in [-0.05, 0) is 189 Å². The molecule has 11 aromatic carbocycles. The fourth-order valence-corrected chi connectivity index (χ4v) is 16.0. The van der Waals surface area contributed by atoms with Gasteiger partial charge >= 0.3 is 0 Å². The fourth-order valence-electron chi connectivity index (χ4n) is 11.9. The second-order valence-electron chi connectivity index (χ2n) is 20.3. The summed E-state index contributed by atoms with van der Waals surface area (Å²) >= 11 is 16.4. The third-order valence-corrected chi connectivity index (χ3v) is 17.8. The smallest absolute Gasteiger partial charge is 0.166 e. The summed E-state index contributed by atoms with van der Waals surface area (Å²) in [5, 5.41) is 6.30. The molecule has 0 saturated heterocycles. The zero-order valence-corrected chi connectivity index (χ0v) is 51.8. The van der Waals surface area contributed by atoms with Crippen molar-refractivity contribution in [1.29, 1.82) is 0 Å². The van der Waals surface area contributed by atoms with Crippen LogP contribution >= 0.6 is 86.3 Å². The fraction of sp³-hybridized carbons (Fsp3) is 0.0137. The van der Waals surface area contributed by atoms with Crippen molar-refractivity contribution in [2.45, 2.75) is 6.42 Å². The molecule has 0 radical (unpaired) electrons. The monoisotopic (exact) mass is 1410 g/mol. The minimum absolute atomic E-state index is 1.03. The quantitative estimate of drug-likeness (QED) is 0.121. The van der Waals surface area contributed by atoms with E-state index in [1.807, 2.05) is 12.1 Å². The van der Waals surface area contributed by atoms with Gasteiger partial charge in [-0.2, -0.15) is 0 Å². The maximum absolute atomic E-state index is 3.68. The van der Waals surface area contributed by atoms with E-state index in [9.17, 15) is 0 Å². The van der Waals surface area contributed by atoms with Gasteiger partial charge in [0.1, 0.15) is 17.7 Å². The van der Waals surface area contributed by atoms with E-state index in [0.717, 1.165) is 30.0 Å². The SMILES string of the molecule is Brc1cc(Br)cc(-n2c3ccccc3c3cc(-c4ccc5c(c4)c4ccccc4n5-c4ccccc4)ccc32)c1.Brc1cc(Br)cc(I)c1.[C+]1=Cc2c(c3cc(-c4ccc5c(c4)-c4ccccc4C5)ccc3n2-c2ccccc2)C=C1. The van der Waals surface area contributed by atoms with E-state index in [0.29, 0.717) is 0 Å². The van der Waals surface area contributed by atoms with Crippen LogP contribution in [0.2, 0.25) is 0 Å². The molecule has 0 bridgehead atoms. The molecule has 2 aliphatic carbocycles. The standard InChI is InChI=1S/C36H22Br2N2.C31H20N.C6H3Br2I/c37-25-20-26(38)22-28(21-25)40-34-13-7-5-11-30(34)32-19-24(15-17-36(32)40)23-14-16-35-31(18-23)29-10-4-6-12-33(29)39(35)27-8-2-1-3-9-27;1-2-9-25(10-3-1)32-30-13-7-6-12-27(30)29-20-22(16-17-31(29)32)21-14-15-24-18-23-8-4-5-11-26(23)28(24)19-21;7-4-1-5(8)3-6(9)2-4/h1-22H;1-6,8-17,19-20H,18H2;1-3H/q;+1;. The Morgan fingerprint density at radius 1 is 0.346 bits per heavy atom. The van der Waals surface area contributed by atoms with E-state index < -0.39 is 0 Å². The molecule has 0 N–H and O–H groups in total. The van der Waals surface area contributed by atoms with Crippen LogP contribution in [0.5, 0.6) is 0 Å². The Morgan fingerprint density at radius 2 is 0.790 bits per heavy atom. The maximum Gasteiger partial charge on any atom is 0.166 e. The molecule has 0 amide bonds. The predicted molar refractivity (Wildman–Crippen MR) is 364 cm³/mol. The first-order valence-corrected chi connectivity index (χ1v) is 30.9. The number of benzene rings is 11. The Bertz CT molecular complexity index is 4780. The molecular weight excluding hydrogens is 1370 g/mol. The highest BCUT2D eigenvalue weighted by Crippen LogP contribution is 2.42. The average molecular weight is 1410 g/mol. The number of hydrogen-bond donors (Lipinski definition) is 0. The van der Waals surface area contributed by atoms with Gasteiger partial charge in [0, 0.05) is 65.8 Å². The van der Waals surface area contributed by atoms with Crippen molar-refractivity contribution in [1.82, 2.24) is 13.7 Å². The van der Waals surface area contributed by atoms with Crippen LogP contribution in [0.1, 0.15) is 22.4 Å². The largest absolute Gasteiger partial charge is 0.309 e. The second kappa shape index (κ2) is 21.8. The van der Waals surface area contributed by atoms with Crippen LogP contribution < -0.4 is 0 Å². The zero-order valence-electron chi connectivity index (χ0n) is 43.3. The number of halogens is 5. The van der Waals surface area contributed by atoms with Crippen LogP contribution in [0.4, 0.5) is 0 Å². The summed E-state index contributed by atoms with van der Waals surface area (Å²) in [6.07, 6.45) is 10.6. The van der Waals surface area contributed by atoms with Gasteiger partial charge in [0.05, 0.1) is 39.3 Å². The number of fused-ring (bicyclic) bond motifs is 12. The third kappa shape index (κ3) is 9.76. The number of hydrogen-bond acceptors (Lipinski definition) is 0. The summed E-state index contributed by atoms with van der Waals surface area (Å²) in [7, 11) is 0. The van der Waals surface area contributed by atoms with Gasteiger partial charge in [-0.15, -0.1) is 0 Å². The molecule has 0 unspecified atom stereocenters. The zero-order chi connectivity index (χ0) is 54.7. The van der Waals surface area contributed by atoms with Gasteiger partial charge in [0.25, 0.3) is 0 Å². The Balaban J connectivity index is 0.000000128. The van der Waals surface area contributed by atoms with Gasteiger partial charge in [-0.3, -0.25) is 4.57 Å². The number of para-hydroxylation sites is 4. The van der Waals surface area contributed by atoms with Crippen molar-refractivity contribution >= 4 is 153 Å². The summed E-state index contributed by atoms with van der Waals surface area (Å²) in [4.78, 5) is 0. The summed E-state index contributed by atoms with van der Waals surface area (Å²) in [6.45, 7) is 0. The molecule has 3 heterocycles. The van der Waals surface area contributed by atoms with Crippen LogP contribution in [-0.2, 0) is 6.42 Å². The molecule has 16 rings (SSSR count). The number of rotatable bonds is 5. The lowest BCUT2D eigenvalue weighted by Crippen LogP contribution is -1.97. The first-order valence-electron chi connectivity index (χ1n) is 26.6. The number of nitrogens with zero attached hydrogens (tertiary/aromatic N) is 3. The molecule has 2 aliphatic rings. The lowest BCUT2D eigenvalue weighted by molar-refractivity contribution is 1.10. The van der Waals surface area contributed by atoms with Crippen LogP contribution in [0, 0.1) is 9.65 Å². The Kier molecular flexibility index (Phi) is 13.9. The predicted octanol–water partition coefficient (Wildman–Crippen LogP) is 22.6. The molecular formula is C73H45Br4IN3+. The minimum Gasteiger partial charge on any atom is -0.309 e. The molecule has 0 saturated carbocycles. The molecule has 0 aliphatic heterocycles. The average Bonchev–Trinajstić information content (AvgIpc) is 4.35. The van der Waals surface area contributed by atoms with Gasteiger partial charge in [0.2, 0.25) is 0 Å². The van der Waals surface area contributed by atoms with Crippen molar-refractivity contribution in [3.05, 3.63) is 299 Å². The van der Waals surface area contributed by atoms with E-state index in [2.05, 4.69) is 355 Å². The Morgan fingerprint density at radius 3 is 1.38 bits per heavy atom. The summed E-state index contributed by atoms with van der Waals surface area (Å²) < 4.78 is 12.6. The molecule has 0 atom stereocenters. The molecule has 81 heavy (non-hydrogen) atoms. The molecule has 0 fully saturated rings. The first-order chi connectivity index (χ1) is 39.7. The van der Waals surface area contributed by atoms with Crippen LogP contribution in [0.15, 0.2) is 267 Å². The first kappa shape index (κ1) is 51.7. The van der Waals surface area contributed by atoms with E-state index in [-0.39, 0.29) is 0 Å². The highest BCUT2D eigenvalue weighted by atomic mass is 127. The van der Waals surface area contributed by atoms with Gasteiger partial charge in [-0.25, -0.2) is 0 Å². The van der Waals surface area contributed by atoms with Crippen molar-refractivity contribution in [2.24, 2.45) is 0 Å². The number of aromatic nitrogens is 3. The van der Waals surface area contributed by atoms with E-state index in [1.165, 1.54) is 125 Å². The van der Waals surface area contributed by atoms with E-state index >= 15 is 0 Å². The summed E-state index contributed by atoms with van der Waals surface area (Å²) in [6, 6.07) is 87.4. The minimum atomic E-state index is 1.03. The van der Waals surface area contributed by atoms with Gasteiger partial charge in [-0.1, -0.05) is 191 Å². The molecule has 386 valence electrons. The summed E-state index contributed by atoms with van der Waals surface area (Å²) in [5.41, 5.74) is 22.5. The maximum atomic E-state index is 3.68. The van der Waals surface area contributed by atoms with Crippen LogP contribution in [0.3, 0.4) is 0 Å². The van der Waals surface area contributed by atoms with Crippen molar-refractivity contribution in [3.63, 3.8) is 0 Å². The normalized spacial score (nSPS) is 12.0. The highest BCUT2D eigenvalue weighted by Gasteiger charge is 2.25. The van der Waals surface area contributed by atoms with E-state index in [1.54, 1.807) is 0 Å². The van der Waals surface area contributed by atoms with E-state index in [4.69, 9.17) is 0 Å². The second-order valence-corrected chi connectivity index (χ2v) is 25.2. The Labute approximate surface area is 517 Å². The third-order valence-electron chi connectivity index (χ3n) is 15.4. The van der Waals surface area contributed by atoms with Crippen molar-refractivity contribution in [3.8, 4) is 50.4 Å². The molecule has 3 nitrogen and oxygen atoms in total. The molecule has 8 heteroatoms. The van der Waals surface area contributed by atoms with Crippen LogP contribution in [-0.4, -0.2) is 13.7 Å². The highest BCUT2D eigenvalue weighted by molar-refractivity contribution is 14.1. The number of allylic oxidation sites excluding steroid dienone is 2. The van der Waals surface area contributed by atoms with Crippen LogP contribution in [0.25, 0.3) is 117 Å². The van der Waals surface area contributed by atoms with Gasteiger partial charge < -0.3 is 9.13 Å². The molecule has 0 spiro atoms. The van der Waals surface area contributed by atoms with Gasteiger partial charge in [0.15, 0.2) is 5.69 Å². The van der Waals surface area contributed by atoms with Crippen molar-refractivity contribution < 1.29 is 0 Å². The molecule has 3 aromatic heterocycles. The lowest BCUT2D eigenvalue weighted by atomic mass is 9.97. The lowest BCUT2D eigenvalue weighted by Gasteiger charge is -2.10. The molecule has 14 aromatic rings. The summed E-state index contributed by atoms with van der Waals surface area (Å²) in [5.74, 6) is 0.